The average Bonchev–Trinajstić information content (AvgIpc) is 2.97. The van der Waals surface area contributed by atoms with E-state index in [9.17, 15) is 4.79 Å². The molecule has 2 saturated heterocycles. The van der Waals surface area contributed by atoms with Crippen LogP contribution in [-0.4, -0.2) is 65.0 Å². The van der Waals surface area contributed by atoms with Crippen LogP contribution in [0.5, 0.6) is 0 Å². The van der Waals surface area contributed by atoms with Crippen LogP contribution < -0.4 is 0 Å². The second kappa shape index (κ2) is 6.47. The number of likely N-dealkylation sites (tertiary alicyclic amines) is 2. The van der Waals surface area contributed by atoms with Gasteiger partial charge in [-0.15, -0.1) is 0 Å². The summed E-state index contributed by atoms with van der Waals surface area (Å²) in [7, 11) is 0. The number of nitrogens with zero attached hydrogens (tertiary/aromatic N) is 4. The summed E-state index contributed by atoms with van der Waals surface area (Å²) < 4.78 is 7.11. The summed E-state index contributed by atoms with van der Waals surface area (Å²) in [4.78, 5) is 16.0. The van der Waals surface area contributed by atoms with E-state index < -0.39 is 0 Å². The third-order valence-electron chi connectivity index (χ3n) is 4.49. The molecule has 6 nitrogen and oxygen atoms in total. The van der Waals surface area contributed by atoms with Gasteiger partial charge in [0.15, 0.2) is 0 Å². The molecular formula is C15H24N4O2. The van der Waals surface area contributed by atoms with Crippen molar-refractivity contribution in [2.24, 2.45) is 5.92 Å². The normalized spacial score (nSPS) is 21.3. The van der Waals surface area contributed by atoms with Gasteiger partial charge in [0.25, 0.3) is 0 Å². The van der Waals surface area contributed by atoms with Gasteiger partial charge in [-0.3, -0.25) is 9.58 Å². The van der Waals surface area contributed by atoms with Crippen molar-refractivity contribution in [2.75, 3.05) is 39.3 Å². The Kier molecular flexibility index (Phi) is 4.43. The minimum atomic E-state index is -0.154. The Bertz CT molecular complexity index is 448. The molecule has 0 spiro atoms. The summed E-state index contributed by atoms with van der Waals surface area (Å²) >= 11 is 0. The Hall–Kier alpha value is -1.56. The first-order valence-corrected chi connectivity index (χ1v) is 7.89. The SMILES string of the molecule is CCOC(=O)N1CCC(CN2CC(n3cccn3)C2)CC1. The molecule has 0 saturated carbocycles. The summed E-state index contributed by atoms with van der Waals surface area (Å²) in [5, 5.41) is 4.30. The van der Waals surface area contributed by atoms with Gasteiger partial charge in [0.1, 0.15) is 0 Å². The Morgan fingerprint density at radius 1 is 1.33 bits per heavy atom. The van der Waals surface area contributed by atoms with E-state index in [1.54, 1.807) is 0 Å². The summed E-state index contributed by atoms with van der Waals surface area (Å²) in [5.41, 5.74) is 0. The highest BCUT2D eigenvalue weighted by atomic mass is 16.6. The van der Waals surface area contributed by atoms with E-state index in [1.165, 1.54) is 0 Å². The fourth-order valence-electron chi connectivity index (χ4n) is 3.23. The molecule has 0 unspecified atom stereocenters. The molecule has 0 N–H and O–H groups in total. The Morgan fingerprint density at radius 3 is 2.71 bits per heavy atom. The van der Waals surface area contributed by atoms with E-state index in [-0.39, 0.29) is 6.09 Å². The first-order chi connectivity index (χ1) is 10.3. The average molecular weight is 292 g/mol. The Morgan fingerprint density at radius 2 is 2.10 bits per heavy atom. The number of carbonyl (C=O) groups excluding carboxylic acids is 1. The maximum atomic E-state index is 11.7. The predicted molar refractivity (Wildman–Crippen MR) is 79.0 cm³/mol. The lowest BCUT2D eigenvalue weighted by molar-refractivity contribution is 0.0553. The lowest BCUT2D eigenvalue weighted by Crippen LogP contribution is -2.51. The molecule has 116 valence electrons. The van der Waals surface area contributed by atoms with Gasteiger partial charge in [0.2, 0.25) is 0 Å². The monoisotopic (exact) mass is 292 g/mol. The predicted octanol–water partition coefficient (Wildman–Crippen LogP) is 1.61. The van der Waals surface area contributed by atoms with E-state index >= 15 is 0 Å². The van der Waals surface area contributed by atoms with Crippen molar-refractivity contribution in [3.63, 3.8) is 0 Å². The van der Waals surface area contributed by atoms with Crippen LogP contribution in [0, 0.1) is 5.92 Å². The number of carbonyl (C=O) groups is 1. The highest BCUT2D eigenvalue weighted by molar-refractivity contribution is 5.67. The van der Waals surface area contributed by atoms with Gasteiger partial charge < -0.3 is 9.64 Å². The van der Waals surface area contributed by atoms with Crippen molar-refractivity contribution in [2.45, 2.75) is 25.8 Å². The molecule has 0 aromatic carbocycles. The molecular weight excluding hydrogens is 268 g/mol. The highest BCUT2D eigenvalue weighted by Crippen LogP contribution is 2.25. The van der Waals surface area contributed by atoms with Crippen LogP contribution in [-0.2, 0) is 4.74 Å². The van der Waals surface area contributed by atoms with Gasteiger partial charge in [-0.25, -0.2) is 4.79 Å². The van der Waals surface area contributed by atoms with E-state index in [0.29, 0.717) is 18.6 Å². The quantitative estimate of drug-likeness (QED) is 0.846. The number of amides is 1. The van der Waals surface area contributed by atoms with Gasteiger partial charge in [-0.1, -0.05) is 0 Å². The van der Waals surface area contributed by atoms with E-state index in [2.05, 4.69) is 14.7 Å². The smallest absolute Gasteiger partial charge is 0.409 e. The number of aromatic nitrogens is 2. The molecule has 1 aromatic rings. The van der Waals surface area contributed by atoms with Crippen molar-refractivity contribution in [1.82, 2.24) is 19.6 Å². The molecule has 3 heterocycles. The van der Waals surface area contributed by atoms with Gasteiger partial charge in [-0.2, -0.15) is 5.10 Å². The Labute approximate surface area is 125 Å². The lowest BCUT2D eigenvalue weighted by atomic mass is 9.94. The molecule has 0 aliphatic carbocycles. The summed E-state index contributed by atoms with van der Waals surface area (Å²) in [6.07, 6.45) is 5.90. The molecule has 3 rings (SSSR count). The van der Waals surface area contributed by atoms with Crippen molar-refractivity contribution in [3.8, 4) is 0 Å². The largest absolute Gasteiger partial charge is 0.450 e. The second-order valence-electron chi connectivity index (χ2n) is 5.99. The number of ether oxygens (including phenoxy) is 1. The molecule has 1 aromatic heterocycles. The van der Waals surface area contributed by atoms with Crippen LogP contribution in [0.25, 0.3) is 0 Å². The first kappa shape index (κ1) is 14.4. The molecule has 0 bridgehead atoms. The van der Waals surface area contributed by atoms with Crippen LogP contribution >= 0.6 is 0 Å². The van der Waals surface area contributed by atoms with Crippen molar-refractivity contribution in [3.05, 3.63) is 18.5 Å². The molecule has 0 atom stereocenters. The Balaban J connectivity index is 1.36. The van der Waals surface area contributed by atoms with E-state index in [0.717, 1.165) is 45.6 Å². The second-order valence-corrected chi connectivity index (χ2v) is 5.99. The zero-order valence-electron chi connectivity index (χ0n) is 12.6. The van der Waals surface area contributed by atoms with Gasteiger partial charge in [-0.05, 0) is 31.7 Å². The fourth-order valence-corrected chi connectivity index (χ4v) is 3.23. The first-order valence-electron chi connectivity index (χ1n) is 7.89. The van der Waals surface area contributed by atoms with Crippen LogP contribution in [0.4, 0.5) is 4.79 Å². The van der Waals surface area contributed by atoms with Crippen molar-refractivity contribution < 1.29 is 9.53 Å². The minimum Gasteiger partial charge on any atom is -0.450 e. The molecule has 2 fully saturated rings. The van der Waals surface area contributed by atoms with Crippen LogP contribution in [0.15, 0.2) is 18.5 Å². The van der Waals surface area contributed by atoms with E-state index in [4.69, 9.17) is 4.74 Å². The van der Waals surface area contributed by atoms with Gasteiger partial charge in [0.05, 0.1) is 12.6 Å². The summed E-state index contributed by atoms with van der Waals surface area (Å²) in [6, 6.07) is 2.52. The maximum Gasteiger partial charge on any atom is 0.409 e. The van der Waals surface area contributed by atoms with Crippen molar-refractivity contribution >= 4 is 6.09 Å². The molecule has 1 amide bonds. The highest BCUT2D eigenvalue weighted by Gasteiger charge is 2.31. The van der Waals surface area contributed by atoms with Crippen LogP contribution in [0.1, 0.15) is 25.8 Å². The van der Waals surface area contributed by atoms with Crippen LogP contribution in [0.2, 0.25) is 0 Å². The van der Waals surface area contributed by atoms with Gasteiger partial charge >= 0.3 is 6.09 Å². The molecule has 2 aliphatic rings. The number of hydrogen-bond acceptors (Lipinski definition) is 4. The van der Waals surface area contributed by atoms with E-state index in [1.807, 2.05) is 30.3 Å². The summed E-state index contributed by atoms with van der Waals surface area (Å²) in [5.74, 6) is 0.703. The lowest BCUT2D eigenvalue weighted by Gasteiger charge is -2.42. The number of hydrogen-bond donors (Lipinski definition) is 0. The topological polar surface area (TPSA) is 50.6 Å². The molecule has 2 aliphatic heterocycles. The standard InChI is InChI=1S/C15H24N4O2/c1-2-21-15(20)18-8-4-13(5-9-18)10-17-11-14(12-17)19-7-3-6-16-19/h3,6-7,13-14H,2,4-5,8-12H2,1H3. The minimum absolute atomic E-state index is 0.154. The van der Waals surface area contributed by atoms with Crippen LogP contribution in [0.3, 0.4) is 0 Å². The summed E-state index contributed by atoms with van der Waals surface area (Å²) in [6.45, 7) is 7.32. The zero-order chi connectivity index (χ0) is 14.7. The number of rotatable bonds is 4. The maximum absolute atomic E-state index is 11.7. The zero-order valence-corrected chi connectivity index (χ0v) is 12.6. The molecule has 21 heavy (non-hydrogen) atoms. The number of piperidine rings is 1. The third kappa shape index (κ3) is 3.37. The fraction of sp³-hybridized carbons (Fsp3) is 0.733. The third-order valence-corrected chi connectivity index (χ3v) is 4.49. The van der Waals surface area contributed by atoms with Crippen molar-refractivity contribution in [1.29, 1.82) is 0 Å². The molecule has 6 heteroatoms. The van der Waals surface area contributed by atoms with Gasteiger partial charge in [0, 0.05) is 45.1 Å². The molecule has 0 radical (unpaired) electrons.